The number of rotatable bonds is 5. The maximum absolute atomic E-state index is 11.5. The van der Waals surface area contributed by atoms with E-state index in [9.17, 15) is 9.90 Å². The zero-order chi connectivity index (χ0) is 12.0. The highest BCUT2D eigenvalue weighted by molar-refractivity contribution is 5.73. The lowest BCUT2D eigenvalue weighted by Gasteiger charge is -2.16. The minimum atomic E-state index is -0.784. The van der Waals surface area contributed by atoms with Crippen LogP contribution in [-0.2, 0) is 16.1 Å². The molecule has 1 unspecified atom stereocenters. The number of carbonyl (C=O) groups is 1. The van der Waals surface area contributed by atoms with Crippen LogP contribution in [0.1, 0.15) is 12.5 Å². The van der Waals surface area contributed by atoms with Gasteiger partial charge in [0.1, 0.15) is 6.61 Å². The van der Waals surface area contributed by atoms with Gasteiger partial charge in [0.15, 0.2) is 0 Å². The van der Waals surface area contributed by atoms with Crippen LogP contribution in [0.15, 0.2) is 30.3 Å². The van der Waals surface area contributed by atoms with Crippen molar-refractivity contribution in [2.75, 3.05) is 6.54 Å². The van der Waals surface area contributed by atoms with Gasteiger partial charge in [-0.3, -0.25) is 4.79 Å². The second-order valence-corrected chi connectivity index (χ2v) is 3.68. The summed E-state index contributed by atoms with van der Waals surface area (Å²) in [5.41, 5.74) is 6.30. The smallest absolute Gasteiger partial charge is 0.313 e. The quantitative estimate of drug-likeness (QED) is 0.720. The Morgan fingerprint density at radius 1 is 1.44 bits per heavy atom. The average Bonchev–Trinajstić information content (AvgIpc) is 2.28. The zero-order valence-corrected chi connectivity index (χ0v) is 9.30. The van der Waals surface area contributed by atoms with E-state index < -0.39 is 18.0 Å². The molecule has 0 bridgehead atoms. The topological polar surface area (TPSA) is 72.5 Å². The van der Waals surface area contributed by atoms with E-state index >= 15 is 0 Å². The van der Waals surface area contributed by atoms with E-state index in [-0.39, 0.29) is 13.2 Å². The van der Waals surface area contributed by atoms with Crippen molar-refractivity contribution in [2.24, 2.45) is 11.7 Å². The molecule has 0 saturated heterocycles. The van der Waals surface area contributed by atoms with Gasteiger partial charge in [0.2, 0.25) is 0 Å². The molecule has 0 aliphatic carbocycles. The SMILES string of the molecule is C[C@H](O)C(CN)C(=O)OCc1ccccc1. The number of benzene rings is 1. The Kier molecular flexibility index (Phi) is 4.95. The fourth-order valence-electron chi connectivity index (χ4n) is 1.33. The molecular formula is C12H17NO3. The Hall–Kier alpha value is -1.39. The normalized spacial score (nSPS) is 14.2. The van der Waals surface area contributed by atoms with E-state index in [2.05, 4.69) is 0 Å². The zero-order valence-electron chi connectivity index (χ0n) is 9.30. The van der Waals surface area contributed by atoms with Crippen LogP contribution in [0.25, 0.3) is 0 Å². The Morgan fingerprint density at radius 3 is 2.56 bits per heavy atom. The molecule has 0 aliphatic rings. The van der Waals surface area contributed by atoms with Crippen LogP contribution in [0, 0.1) is 5.92 Å². The number of esters is 1. The molecule has 0 aromatic heterocycles. The van der Waals surface area contributed by atoms with Crippen molar-refractivity contribution in [3.63, 3.8) is 0 Å². The maximum Gasteiger partial charge on any atom is 0.313 e. The molecular weight excluding hydrogens is 206 g/mol. The minimum Gasteiger partial charge on any atom is -0.460 e. The Bertz CT molecular complexity index is 324. The summed E-state index contributed by atoms with van der Waals surface area (Å²) in [6.07, 6.45) is -0.784. The lowest BCUT2D eigenvalue weighted by atomic mass is 10.1. The summed E-state index contributed by atoms with van der Waals surface area (Å²) in [6.45, 7) is 1.83. The van der Waals surface area contributed by atoms with Gasteiger partial charge in [-0.2, -0.15) is 0 Å². The van der Waals surface area contributed by atoms with Crippen LogP contribution in [0.5, 0.6) is 0 Å². The van der Waals surface area contributed by atoms with Gasteiger partial charge in [0, 0.05) is 6.54 Å². The van der Waals surface area contributed by atoms with Gasteiger partial charge in [-0.1, -0.05) is 30.3 Å². The predicted octanol–water partition coefficient (Wildman–Crippen LogP) is 0.685. The molecule has 1 rings (SSSR count). The average molecular weight is 223 g/mol. The van der Waals surface area contributed by atoms with Crippen LogP contribution < -0.4 is 5.73 Å². The number of hydrogen-bond donors (Lipinski definition) is 2. The number of aliphatic hydroxyl groups excluding tert-OH is 1. The molecule has 0 heterocycles. The van der Waals surface area contributed by atoms with Gasteiger partial charge in [0.25, 0.3) is 0 Å². The number of nitrogens with two attached hydrogens (primary N) is 1. The van der Waals surface area contributed by atoms with Crippen molar-refractivity contribution in [2.45, 2.75) is 19.6 Å². The maximum atomic E-state index is 11.5. The molecule has 1 aromatic carbocycles. The van der Waals surface area contributed by atoms with Crippen LogP contribution >= 0.6 is 0 Å². The monoisotopic (exact) mass is 223 g/mol. The van der Waals surface area contributed by atoms with Gasteiger partial charge in [-0.05, 0) is 12.5 Å². The number of aliphatic hydroxyl groups is 1. The van der Waals surface area contributed by atoms with Gasteiger partial charge >= 0.3 is 5.97 Å². The van der Waals surface area contributed by atoms with Gasteiger partial charge in [0.05, 0.1) is 12.0 Å². The van der Waals surface area contributed by atoms with Crippen molar-refractivity contribution < 1.29 is 14.6 Å². The third-order valence-electron chi connectivity index (χ3n) is 2.36. The molecule has 0 fully saturated rings. The second kappa shape index (κ2) is 6.25. The Labute approximate surface area is 95.0 Å². The standard InChI is InChI=1S/C12H17NO3/c1-9(14)11(7-13)12(15)16-8-10-5-3-2-4-6-10/h2-6,9,11,14H,7-8,13H2,1H3/t9-,11?/m0/s1. The first-order valence-electron chi connectivity index (χ1n) is 5.24. The van der Waals surface area contributed by atoms with Crippen LogP contribution in [0.3, 0.4) is 0 Å². The molecule has 4 nitrogen and oxygen atoms in total. The molecule has 0 aliphatic heterocycles. The second-order valence-electron chi connectivity index (χ2n) is 3.68. The molecule has 88 valence electrons. The summed E-state index contributed by atoms with van der Waals surface area (Å²) in [7, 11) is 0. The van der Waals surface area contributed by atoms with Gasteiger partial charge < -0.3 is 15.6 Å². The number of carbonyl (C=O) groups excluding carboxylic acids is 1. The highest BCUT2D eigenvalue weighted by Gasteiger charge is 2.23. The van der Waals surface area contributed by atoms with Gasteiger partial charge in [-0.25, -0.2) is 0 Å². The number of hydrogen-bond acceptors (Lipinski definition) is 4. The lowest BCUT2D eigenvalue weighted by Crippen LogP contribution is -2.34. The summed E-state index contributed by atoms with van der Waals surface area (Å²) in [6, 6.07) is 9.38. The van der Waals surface area contributed by atoms with Gasteiger partial charge in [-0.15, -0.1) is 0 Å². The third-order valence-corrected chi connectivity index (χ3v) is 2.36. The summed E-state index contributed by atoms with van der Waals surface area (Å²) in [5, 5.41) is 9.30. The first-order valence-corrected chi connectivity index (χ1v) is 5.24. The van der Waals surface area contributed by atoms with Crippen molar-refractivity contribution in [3.05, 3.63) is 35.9 Å². The van der Waals surface area contributed by atoms with Crippen LogP contribution in [0.2, 0.25) is 0 Å². The Balaban J connectivity index is 2.46. The van der Waals surface area contributed by atoms with E-state index in [1.54, 1.807) is 0 Å². The highest BCUT2D eigenvalue weighted by atomic mass is 16.5. The molecule has 0 radical (unpaired) electrons. The molecule has 4 heteroatoms. The summed E-state index contributed by atoms with van der Waals surface area (Å²) in [5.74, 6) is -1.11. The predicted molar refractivity (Wildman–Crippen MR) is 60.5 cm³/mol. The van der Waals surface area contributed by atoms with E-state index in [1.165, 1.54) is 6.92 Å². The fraction of sp³-hybridized carbons (Fsp3) is 0.417. The summed E-state index contributed by atoms with van der Waals surface area (Å²) >= 11 is 0. The van der Waals surface area contributed by atoms with Crippen molar-refractivity contribution in [1.29, 1.82) is 0 Å². The highest BCUT2D eigenvalue weighted by Crippen LogP contribution is 2.07. The van der Waals surface area contributed by atoms with E-state index in [1.807, 2.05) is 30.3 Å². The van der Waals surface area contributed by atoms with E-state index in [4.69, 9.17) is 10.5 Å². The summed E-state index contributed by atoms with van der Waals surface area (Å²) < 4.78 is 5.06. The molecule has 0 spiro atoms. The van der Waals surface area contributed by atoms with E-state index in [0.29, 0.717) is 0 Å². The molecule has 3 N–H and O–H groups in total. The van der Waals surface area contributed by atoms with Crippen molar-refractivity contribution in [3.8, 4) is 0 Å². The summed E-state index contributed by atoms with van der Waals surface area (Å²) in [4.78, 5) is 11.5. The first-order chi connectivity index (χ1) is 7.65. The van der Waals surface area contributed by atoms with E-state index in [0.717, 1.165) is 5.56 Å². The third kappa shape index (κ3) is 3.64. The van der Waals surface area contributed by atoms with Crippen molar-refractivity contribution >= 4 is 5.97 Å². The van der Waals surface area contributed by atoms with Crippen LogP contribution in [-0.4, -0.2) is 23.7 Å². The largest absolute Gasteiger partial charge is 0.460 e. The molecule has 16 heavy (non-hydrogen) atoms. The lowest BCUT2D eigenvalue weighted by molar-refractivity contribution is -0.153. The first kappa shape index (κ1) is 12.7. The Morgan fingerprint density at radius 2 is 2.06 bits per heavy atom. The fourth-order valence-corrected chi connectivity index (χ4v) is 1.33. The molecule has 2 atom stereocenters. The number of ether oxygens (including phenoxy) is 1. The van der Waals surface area contributed by atoms with Crippen LogP contribution in [0.4, 0.5) is 0 Å². The molecule has 0 amide bonds. The minimum absolute atomic E-state index is 0.0886. The molecule has 1 aromatic rings. The molecule has 0 saturated carbocycles. The van der Waals surface area contributed by atoms with Crippen molar-refractivity contribution in [1.82, 2.24) is 0 Å².